The largest absolute Gasteiger partial charge is 0.395 e. The molecule has 0 saturated heterocycles. The highest BCUT2D eigenvalue weighted by Gasteiger charge is 2.35. The molecule has 0 spiro atoms. The van der Waals surface area contributed by atoms with Gasteiger partial charge in [0.15, 0.2) is 0 Å². The molecule has 0 aliphatic carbocycles. The second-order valence-corrected chi connectivity index (χ2v) is 18.6. The van der Waals surface area contributed by atoms with Crippen LogP contribution in [0.5, 0.6) is 0 Å². The first-order chi connectivity index (χ1) is 26.6. The van der Waals surface area contributed by atoms with Crippen LogP contribution in [-0.4, -0.2) is 169 Å². The lowest BCUT2D eigenvalue weighted by Crippen LogP contribution is -2.40. The lowest BCUT2D eigenvalue weighted by Gasteiger charge is -2.28. The molecule has 24 heteroatoms. The molecular weight excluding hydrogens is 1430 g/mol. The van der Waals surface area contributed by atoms with Gasteiger partial charge in [0.05, 0.1) is 86.5 Å². The summed E-state index contributed by atoms with van der Waals surface area (Å²) in [5.41, 5.74) is 0.304. The van der Waals surface area contributed by atoms with Gasteiger partial charge >= 0.3 is 0 Å². The topological polar surface area (TPSA) is 261 Å². The van der Waals surface area contributed by atoms with Crippen LogP contribution in [0.3, 0.4) is 0 Å². The Morgan fingerprint density at radius 2 is 0.825 bits per heavy atom. The van der Waals surface area contributed by atoms with Crippen LogP contribution in [0.1, 0.15) is 47.9 Å². The maximum absolute atomic E-state index is 14.0. The molecule has 0 bridgehead atoms. The number of anilines is 2. The molecule has 0 aromatic heterocycles. The van der Waals surface area contributed by atoms with E-state index in [1.54, 1.807) is 0 Å². The summed E-state index contributed by atoms with van der Waals surface area (Å²) >= 11 is 11.1. The van der Waals surface area contributed by atoms with Crippen molar-refractivity contribution >= 4 is 182 Å². The van der Waals surface area contributed by atoms with E-state index >= 15 is 0 Å². The number of aliphatic hydroxyl groups is 6. The molecule has 0 fully saturated rings. The third-order valence-corrected chi connectivity index (χ3v) is 14.4. The summed E-state index contributed by atoms with van der Waals surface area (Å²) in [4.78, 5) is 87.0. The fraction of sp³-hybridized carbons (Fsp3) is 0.455. The Kier molecular flexibility index (Phi) is 22.3. The number of nitrogens with zero attached hydrogens (tertiary/aromatic N) is 4. The Labute approximate surface area is 410 Å². The lowest BCUT2D eigenvalue weighted by molar-refractivity contribution is -0.126. The standard InChI is InChI=1S/C33H40I6N6O12/c1-42(10-14(50)12-48)32(56)20-22(34)18(30(54)40-5-7-46)24(36)28(26(20)38)44(3)16(52)9-17(53)45(4)29-25(37)19(31(55)41-6-8-47)23(35)21(27(29)39)33(57)43(2)11-15(51)13-49/h14-15,46-51H,5-13H2,1-4H3,(H,40,54)(H,41,55). The van der Waals surface area contributed by atoms with Crippen molar-refractivity contribution in [1.29, 1.82) is 0 Å². The summed E-state index contributed by atoms with van der Waals surface area (Å²) in [5, 5.41) is 62.5. The van der Waals surface area contributed by atoms with Gasteiger partial charge in [0.2, 0.25) is 11.8 Å². The third kappa shape index (κ3) is 12.7. The Morgan fingerprint density at radius 1 is 0.526 bits per heavy atom. The van der Waals surface area contributed by atoms with Crippen LogP contribution in [0.15, 0.2) is 0 Å². The summed E-state index contributed by atoms with van der Waals surface area (Å²) in [6, 6.07) is 0. The molecule has 0 radical (unpaired) electrons. The van der Waals surface area contributed by atoms with Crippen LogP contribution in [0.25, 0.3) is 0 Å². The first-order valence-corrected chi connectivity index (χ1v) is 22.9. The normalized spacial score (nSPS) is 12.1. The van der Waals surface area contributed by atoms with Crippen molar-refractivity contribution in [2.24, 2.45) is 0 Å². The van der Waals surface area contributed by atoms with Gasteiger partial charge in [0.25, 0.3) is 23.6 Å². The predicted molar refractivity (Wildman–Crippen MR) is 260 cm³/mol. The van der Waals surface area contributed by atoms with Crippen LogP contribution in [0, 0.1) is 21.4 Å². The highest BCUT2D eigenvalue weighted by molar-refractivity contribution is 14.1. The molecule has 316 valence electrons. The first-order valence-electron chi connectivity index (χ1n) is 16.5. The van der Waals surface area contributed by atoms with E-state index in [1.165, 1.54) is 28.2 Å². The zero-order chi connectivity index (χ0) is 43.6. The number of carbonyl (C=O) groups is 6. The SMILES string of the molecule is CN(CC(O)CO)C(=O)c1c(I)c(C(=O)NCCO)c(I)c(N(C)C(=O)CC(=O)N(C)c2c(I)c(C(=O)NCCO)c(I)c(C(=O)N(C)CC(O)CO)c2I)c1I. The number of halogens is 6. The van der Waals surface area contributed by atoms with Gasteiger partial charge in [-0.05, 0) is 136 Å². The van der Waals surface area contributed by atoms with Crippen LogP contribution < -0.4 is 20.4 Å². The quantitative estimate of drug-likeness (QED) is 0.0756. The molecule has 0 heterocycles. The minimum Gasteiger partial charge on any atom is -0.395 e. The van der Waals surface area contributed by atoms with Crippen LogP contribution in [0.2, 0.25) is 0 Å². The van der Waals surface area contributed by atoms with E-state index in [0.29, 0.717) is 0 Å². The van der Waals surface area contributed by atoms with Gasteiger partial charge in [-0.1, -0.05) is 0 Å². The van der Waals surface area contributed by atoms with E-state index < -0.39 is 67.3 Å². The molecular formula is C33H40I6N6O12. The van der Waals surface area contributed by atoms with Crippen molar-refractivity contribution in [2.45, 2.75) is 18.6 Å². The number of carbonyl (C=O) groups excluding carboxylic acids is 6. The number of aliphatic hydroxyl groups excluding tert-OH is 6. The lowest BCUT2D eigenvalue weighted by atomic mass is 10.1. The number of benzene rings is 2. The summed E-state index contributed by atoms with van der Waals surface area (Å²) in [6.07, 6.45) is -3.27. The second kappa shape index (κ2) is 24.1. The number of rotatable bonds is 18. The molecule has 57 heavy (non-hydrogen) atoms. The average molecular weight is 1470 g/mol. The Hall–Kier alpha value is -0.600. The zero-order valence-corrected chi connectivity index (χ0v) is 43.7. The zero-order valence-electron chi connectivity index (χ0n) is 30.7. The van der Waals surface area contributed by atoms with Crippen molar-refractivity contribution in [2.75, 3.05) is 90.6 Å². The minimum absolute atomic E-state index is 0.0140. The third-order valence-electron chi connectivity index (χ3n) is 8.07. The number of hydrogen-bond donors (Lipinski definition) is 8. The first kappa shape index (κ1) is 52.5. The van der Waals surface area contributed by atoms with Crippen molar-refractivity contribution in [3.8, 4) is 0 Å². The number of hydrogen-bond acceptors (Lipinski definition) is 12. The second-order valence-electron chi connectivity index (χ2n) is 12.2. The van der Waals surface area contributed by atoms with E-state index in [9.17, 15) is 59.4 Å². The number of nitrogens with one attached hydrogen (secondary N) is 2. The van der Waals surface area contributed by atoms with E-state index in [1.807, 2.05) is 136 Å². The van der Waals surface area contributed by atoms with Crippen LogP contribution in [0.4, 0.5) is 11.4 Å². The van der Waals surface area contributed by atoms with E-state index in [2.05, 4.69) is 10.6 Å². The van der Waals surface area contributed by atoms with Crippen molar-refractivity contribution in [1.82, 2.24) is 20.4 Å². The maximum Gasteiger partial charge on any atom is 0.255 e. The average Bonchev–Trinajstić information content (AvgIpc) is 3.15. The summed E-state index contributed by atoms with van der Waals surface area (Å²) in [5.74, 6) is -4.10. The highest BCUT2D eigenvalue weighted by atomic mass is 127. The molecule has 2 aromatic carbocycles. The molecule has 0 aliphatic heterocycles. The van der Waals surface area contributed by atoms with E-state index in [-0.39, 0.29) is 94.4 Å². The minimum atomic E-state index is -1.25. The summed E-state index contributed by atoms with van der Waals surface area (Å²) in [7, 11) is 5.51. The van der Waals surface area contributed by atoms with Gasteiger partial charge in [-0.2, -0.15) is 0 Å². The molecule has 0 aliphatic rings. The molecule has 18 nitrogen and oxygen atoms in total. The van der Waals surface area contributed by atoms with E-state index in [0.717, 1.165) is 19.6 Å². The molecule has 8 N–H and O–H groups in total. The molecule has 2 aromatic rings. The monoisotopic (exact) mass is 1470 g/mol. The van der Waals surface area contributed by atoms with Gasteiger partial charge in [-0.3, -0.25) is 28.8 Å². The van der Waals surface area contributed by atoms with Crippen LogP contribution in [-0.2, 0) is 9.59 Å². The molecule has 6 amide bonds. The van der Waals surface area contributed by atoms with Gasteiger partial charge in [0.1, 0.15) is 6.42 Å². The molecule has 2 atom stereocenters. The fourth-order valence-corrected chi connectivity index (χ4v) is 14.8. The van der Waals surface area contributed by atoms with Gasteiger partial charge in [0, 0.05) is 61.5 Å². The molecule has 2 rings (SSSR count). The van der Waals surface area contributed by atoms with Crippen LogP contribution >= 0.6 is 136 Å². The van der Waals surface area contributed by atoms with Gasteiger partial charge in [-0.15, -0.1) is 0 Å². The smallest absolute Gasteiger partial charge is 0.255 e. The van der Waals surface area contributed by atoms with Crippen molar-refractivity contribution in [3.63, 3.8) is 0 Å². The number of likely N-dealkylation sites (N-methyl/N-ethyl adjacent to an activating group) is 2. The molecule has 0 saturated carbocycles. The highest BCUT2D eigenvalue weighted by Crippen LogP contribution is 2.40. The van der Waals surface area contributed by atoms with Crippen molar-refractivity contribution < 1.29 is 59.4 Å². The van der Waals surface area contributed by atoms with Gasteiger partial charge < -0.3 is 60.9 Å². The summed E-state index contributed by atoms with van der Waals surface area (Å²) in [6.45, 7) is -2.68. The van der Waals surface area contributed by atoms with Gasteiger partial charge in [-0.25, -0.2) is 0 Å². The Balaban J connectivity index is 2.74. The predicted octanol–water partition coefficient (Wildman–Crippen LogP) is 0.625. The molecule has 2 unspecified atom stereocenters. The van der Waals surface area contributed by atoms with Crippen molar-refractivity contribution in [3.05, 3.63) is 43.7 Å². The Bertz CT molecular complexity index is 1760. The Morgan fingerprint density at radius 3 is 1.11 bits per heavy atom. The maximum atomic E-state index is 14.0. The fourth-order valence-electron chi connectivity index (χ4n) is 5.09. The van der Waals surface area contributed by atoms with E-state index in [4.69, 9.17) is 0 Å². The summed E-state index contributed by atoms with van der Waals surface area (Å²) < 4.78 is 1.42. The number of amides is 6.